The zero-order valence-corrected chi connectivity index (χ0v) is 14.9. The molecule has 138 valence electrons. The summed E-state index contributed by atoms with van der Waals surface area (Å²) in [6.07, 6.45) is 0.844. The Morgan fingerprint density at radius 1 is 1.12 bits per heavy atom. The summed E-state index contributed by atoms with van der Waals surface area (Å²) in [5.41, 5.74) is 1.00. The summed E-state index contributed by atoms with van der Waals surface area (Å²) < 4.78 is 5.65. The molecule has 0 aliphatic carbocycles. The van der Waals surface area contributed by atoms with Crippen molar-refractivity contribution in [3.8, 4) is 5.75 Å². The molecule has 0 aromatic heterocycles. The van der Waals surface area contributed by atoms with E-state index in [1.54, 1.807) is 12.1 Å². The van der Waals surface area contributed by atoms with Crippen LogP contribution in [0.3, 0.4) is 0 Å². The fraction of sp³-hybridized carbons (Fsp3) is 0.316. The number of hydrogen-bond acceptors (Lipinski definition) is 4. The second-order valence-electron chi connectivity index (χ2n) is 5.56. The van der Waals surface area contributed by atoms with Crippen molar-refractivity contribution in [2.75, 3.05) is 19.7 Å². The molecule has 0 amide bonds. The van der Waals surface area contributed by atoms with Gasteiger partial charge in [0, 0.05) is 25.2 Å². The van der Waals surface area contributed by atoms with Crippen LogP contribution in [-0.4, -0.2) is 30.6 Å². The van der Waals surface area contributed by atoms with Gasteiger partial charge in [-0.3, -0.25) is 10.1 Å². The maximum atomic E-state index is 10.7. The van der Waals surface area contributed by atoms with Gasteiger partial charge in [-0.15, -0.1) is 0 Å². The maximum absolute atomic E-state index is 10.7. The lowest BCUT2D eigenvalue weighted by atomic mass is 10.2. The van der Waals surface area contributed by atoms with Gasteiger partial charge in [-0.25, -0.2) is 4.99 Å². The van der Waals surface area contributed by atoms with Gasteiger partial charge in [-0.2, -0.15) is 0 Å². The van der Waals surface area contributed by atoms with Gasteiger partial charge in [0.1, 0.15) is 5.75 Å². The molecular formula is C19H24N4O3. The van der Waals surface area contributed by atoms with E-state index >= 15 is 0 Å². The van der Waals surface area contributed by atoms with Gasteiger partial charge < -0.3 is 15.4 Å². The number of hydrogen-bond donors (Lipinski definition) is 2. The number of para-hydroxylation sites is 1. The minimum absolute atomic E-state index is 0.0844. The number of aliphatic imine (C=N–C) groups is 1. The topological polar surface area (TPSA) is 88.8 Å². The third-order valence-electron chi connectivity index (χ3n) is 3.54. The molecule has 0 aliphatic rings. The first-order valence-corrected chi connectivity index (χ1v) is 8.62. The van der Waals surface area contributed by atoms with Crippen molar-refractivity contribution in [1.82, 2.24) is 10.6 Å². The minimum Gasteiger partial charge on any atom is -0.494 e. The number of nitrogens with one attached hydrogen (secondary N) is 2. The molecule has 0 unspecified atom stereocenters. The van der Waals surface area contributed by atoms with Crippen LogP contribution in [0.2, 0.25) is 0 Å². The molecule has 0 saturated heterocycles. The van der Waals surface area contributed by atoms with Crippen LogP contribution >= 0.6 is 0 Å². The lowest BCUT2D eigenvalue weighted by molar-refractivity contribution is -0.384. The fourth-order valence-corrected chi connectivity index (χ4v) is 2.22. The zero-order chi connectivity index (χ0) is 18.6. The lowest BCUT2D eigenvalue weighted by Crippen LogP contribution is -2.38. The van der Waals surface area contributed by atoms with Crippen molar-refractivity contribution in [3.05, 3.63) is 70.3 Å². The largest absolute Gasteiger partial charge is 0.494 e. The number of guanidine groups is 1. The third-order valence-corrected chi connectivity index (χ3v) is 3.54. The fourth-order valence-electron chi connectivity index (χ4n) is 2.22. The highest BCUT2D eigenvalue weighted by atomic mass is 16.6. The number of nitrogens with zero attached hydrogens (tertiary/aromatic N) is 2. The number of benzene rings is 2. The van der Waals surface area contributed by atoms with Crippen LogP contribution in [0, 0.1) is 10.1 Å². The normalized spacial score (nSPS) is 11.0. The summed E-state index contributed by atoms with van der Waals surface area (Å²) in [7, 11) is 0. The van der Waals surface area contributed by atoms with Crippen molar-refractivity contribution in [1.29, 1.82) is 0 Å². The Bertz CT molecular complexity index is 702. The zero-order valence-electron chi connectivity index (χ0n) is 14.9. The first-order chi connectivity index (χ1) is 12.7. The third kappa shape index (κ3) is 6.80. The Labute approximate surface area is 153 Å². The molecule has 0 bridgehead atoms. The first-order valence-electron chi connectivity index (χ1n) is 8.62. The summed E-state index contributed by atoms with van der Waals surface area (Å²) in [4.78, 5) is 14.8. The summed E-state index contributed by atoms with van der Waals surface area (Å²) in [5, 5.41) is 17.1. The second-order valence-corrected chi connectivity index (χ2v) is 5.56. The van der Waals surface area contributed by atoms with Gasteiger partial charge in [0.2, 0.25) is 0 Å². The molecule has 2 aromatic rings. The van der Waals surface area contributed by atoms with Crippen LogP contribution in [0.15, 0.2) is 59.6 Å². The standard InChI is InChI=1S/C19H24N4O3/c1-2-20-19(21-13-6-14-26-18-7-4-3-5-8-18)22-15-16-9-11-17(12-10-16)23(24)25/h3-5,7-12H,2,6,13-15H2,1H3,(H2,20,21,22). The van der Waals surface area contributed by atoms with Crippen LogP contribution in [0.25, 0.3) is 0 Å². The van der Waals surface area contributed by atoms with E-state index in [0.717, 1.165) is 30.8 Å². The number of non-ortho nitro benzene ring substituents is 1. The molecule has 0 saturated carbocycles. The molecule has 2 N–H and O–H groups in total. The van der Waals surface area contributed by atoms with Crippen molar-refractivity contribution in [2.24, 2.45) is 4.99 Å². The molecule has 0 heterocycles. The number of rotatable bonds is 9. The predicted molar refractivity (Wildman–Crippen MR) is 102 cm³/mol. The molecule has 26 heavy (non-hydrogen) atoms. The molecule has 0 spiro atoms. The van der Waals surface area contributed by atoms with Crippen LogP contribution in [0.1, 0.15) is 18.9 Å². The average Bonchev–Trinajstić information content (AvgIpc) is 2.67. The highest BCUT2D eigenvalue weighted by Gasteiger charge is 2.04. The summed E-state index contributed by atoms with van der Waals surface area (Å²) in [6, 6.07) is 16.1. The minimum atomic E-state index is -0.407. The Balaban J connectivity index is 1.76. The van der Waals surface area contributed by atoms with Gasteiger partial charge >= 0.3 is 0 Å². The number of nitro groups is 1. The van der Waals surface area contributed by atoms with Gasteiger partial charge in [0.15, 0.2) is 5.96 Å². The van der Waals surface area contributed by atoms with Gasteiger partial charge in [0.05, 0.1) is 18.1 Å². The smallest absolute Gasteiger partial charge is 0.269 e. The highest BCUT2D eigenvalue weighted by Crippen LogP contribution is 2.12. The SMILES string of the molecule is CCNC(=NCc1ccc([N+](=O)[O-])cc1)NCCCOc1ccccc1. The first kappa shape index (κ1) is 19.2. The van der Waals surface area contributed by atoms with E-state index < -0.39 is 4.92 Å². The van der Waals surface area contributed by atoms with Crippen molar-refractivity contribution >= 4 is 11.6 Å². The molecule has 2 rings (SSSR count). The molecule has 0 aliphatic heterocycles. The van der Waals surface area contributed by atoms with E-state index in [1.807, 2.05) is 37.3 Å². The van der Waals surface area contributed by atoms with E-state index in [1.165, 1.54) is 12.1 Å². The van der Waals surface area contributed by atoms with Gasteiger partial charge in [0.25, 0.3) is 5.69 Å². The van der Waals surface area contributed by atoms with Crippen LogP contribution < -0.4 is 15.4 Å². The van der Waals surface area contributed by atoms with Crippen molar-refractivity contribution < 1.29 is 9.66 Å². The lowest BCUT2D eigenvalue weighted by Gasteiger charge is -2.11. The molecular weight excluding hydrogens is 332 g/mol. The quantitative estimate of drug-likeness (QED) is 0.237. The van der Waals surface area contributed by atoms with Crippen molar-refractivity contribution in [3.63, 3.8) is 0 Å². The summed E-state index contributed by atoms with van der Waals surface area (Å²) in [5.74, 6) is 1.58. The Hall–Kier alpha value is -3.09. The number of nitro benzene ring substituents is 1. The molecule has 2 aromatic carbocycles. The van der Waals surface area contributed by atoms with Crippen LogP contribution in [0.4, 0.5) is 5.69 Å². The Morgan fingerprint density at radius 2 is 1.85 bits per heavy atom. The predicted octanol–water partition coefficient (Wildman–Crippen LogP) is 3.12. The second kappa shape index (κ2) is 10.7. The van der Waals surface area contributed by atoms with E-state index in [2.05, 4.69) is 15.6 Å². The Morgan fingerprint density at radius 3 is 2.50 bits per heavy atom. The maximum Gasteiger partial charge on any atom is 0.269 e. The molecule has 0 radical (unpaired) electrons. The Kier molecular flexibility index (Phi) is 7.92. The molecule has 0 fully saturated rings. The molecule has 0 atom stereocenters. The summed E-state index contributed by atoms with van der Waals surface area (Å²) in [6.45, 7) is 4.57. The van der Waals surface area contributed by atoms with E-state index in [4.69, 9.17) is 4.74 Å². The molecule has 7 nitrogen and oxygen atoms in total. The molecule has 7 heteroatoms. The highest BCUT2D eigenvalue weighted by molar-refractivity contribution is 5.79. The van der Waals surface area contributed by atoms with Crippen LogP contribution in [0.5, 0.6) is 5.75 Å². The van der Waals surface area contributed by atoms with E-state index in [-0.39, 0.29) is 5.69 Å². The monoisotopic (exact) mass is 356 g/mol. The summed E-state index contributed by atoms with van der Waals surface area (Å²) >= 11 is 0. The van der Waals surface area contributed by atoms with Gasteiger partial charge in [-0.1, -0.05) is 30.3 Å². The average molecular weight is 356 g/mol. The van der Waals surface area contributed by atoms with E-state index in [0.29, 0.717) is 19.1 Å². The number of ether oxygens (including phenoxy) is 1. The van der Waals surface area contributed by atoms with E-state index in [9.17, 15) is 10.1 Å². The van der Waals surface area contributed by atoms with Crippen molar-refractivity contribution in [2.45, 2.75) is 19.9 Å². The van der Waals surface area contributed by atoms with Crippen LogP contribution in [-0.2, 0) is 6.54 Å². The van der Waals surface area contributed by atoms with Gasteiger partial charge in [-0.05, 0) is 31.0 Å².